The van der Waals surface area contributed by atoms with Crippen molar-refractivity contribution in [2.24, 2.45) is 4.99 Å². The fraction of sp³-hybridized carbons (Fsp3) is 0.531. The van der Waals surface area contributed by atoms with Crippen molar-refractivity contribution in [2.45, 2.75) is 98.6 Å². The monoisotopic (exact) mass is 471 g/mol. The Hall–Kier alpha value is -2.39. The summed E-state index contributed by atoms with van der Waals surface area (Å²) in [4.78, 5) is 7.75. The van der Waals surface area contributed by atoms with Gasteiger partial charge in [-0.15, -0.1) is 0 Å². The van der Waals surface area contributed by atoms with E-state index in [4.69, 9.17) is 4.99 Å². The average Bonchev–Trinajstić information content (AvgIpc) is 3.62. The molecule has 1 heterocycles. The molecule has 1 N–H and O–H groups in total. The lowest BCUT2D eigenvalue weighted by Crippen LogP contribution is -2.42. The van der Waals surface area contributed by atoms with Gasteiger partial charge in [0.25, 0.3) is 0 Å². The number of aryl methyl sites for hydroxylation is 2. The largest absolute Gasteiger partial charge is 0.372 e. The van der Waals surface area contributed by atoms with Crippen LogP contribution in [0.2, 0.25) is 0 Å². The SMILES string of the molecule is C\C=C(/C=C(C)\C(C)=N\C(=C/C(C)=C1CCC1)c1ccc(C)c(C)c1)N1CCC(NC2CC2)CC1. The van der Waals surface area contributed by atoms with Gasteiger partial charge in [-0.2, -0.15) is 0 Å². The van der Waals surface area contributed by atoms with Crippen molar-refractivity contribution in [3.8, 4) is 0 Å². The van der Waals surface area contributed by atoms with E-state index in [-0.39, 0.29) is 0 Å². The molecule has 0 aromatic heterocycles. The van der Waals surface area contributed by atoms with Gasteiger partial charge >= 0.3 is 0 Å². The van der Waals surface area contributed by atoms with E-state index in [1.54, 1.807) is 5.57 Å². The number of nitrogens with zero attached hydrogens (tertiary/aromatic N) is 2. The van der Waals surface area contributed by atoms with Crippen molar-refractivity contribution >= 4 is 11.4 Å². The van der Waals surface area contributed by atoms with Crippen molar-refractivity contribution in [3.63, 3.8) is 0 Å². The molecule has 0 radical (unpaired) electrons. The Morgan fingerprint density at radius 1 is 0.943 bits per heavy atom. The number of benzene rings is 1. The molecule has 3 fully saturated rings. The van der Waals surface area contributed by atoms with Gasteiger partial charge in [-0.1, -0.05) is 23.8 Å². The summed E-state index contributed by atoms with van der Waals surface area (Å²) in [6, 6.07) is 8.23. The molecule has 0 unspecified atom stereocenters. The molecule has 3 heteroatoms. The second kappa shape index (κ2) is 11.6. The number of allylic oxidation sites excluding steroid dienone is 6. The maximum atomic E-state index is 5.20. The van der Waals surface area contributed by atoms with Crippen LogP contribution in [0, 0.1) is 13.8 Å². The number of hydrogen-bond acceptors (Lipinski definition) is 3. The Bertz CT molecular complexity index is 1060. The highest BCUT2D eigenvalue weighted by Gasteiger charge is 2.27. The number of hydrogen-bond donors (Lipinski definition) is 1. The molecular weight excluding hydrogens is 426 g/mol. The standard InChI is InChI=1S/C32H45N3/c1-7-31(35-17-15-30(16-18-35)34-29-13-14-29)20-24(4)26(6)33-32(21-25(5)27-9-8-10-27)28-12-11-22(2)23(3)19-28/h7,11-12,19-21,29-30,34H,8-10,13-18H2,1-6H3/b24-20-,31-7+,32-21-,33-26+. The molecule has 3 aliphatic rings. The lowest BCUT2D eigenvalue weighted by molar-refractivity contribution is 0.246. The molecule has 0 atom stereocenters. The van der Waals surface area contributed by atoms with Crippen LogP contribution in [-0.4, -0.2) is 35.8 Å². The van der Waals surface area contributed by atoms with Crippen LogP contribution in [0.4, 0.5) is 0 Å². The first-order valence-corrected chi connectivity index (χ1v) is 13.7. The number of rotatable bonds is 8. The molecule has 1 saturated heterocycles. The lowest BCUT2D eigenvalue weighted by Gasteiger charge is -2.35. The molecule has 1 aromatic rings. The summed E-state index contributed by atoms with van der Waals surface area (Å²) in [5, 5.41) is 3.81. The smallest absolute Gasteiger partial charge is 0.0707 e. The molecule has 188 valence electrons. The number of nitrogens with one attached hydrogen (secondary N) is 1. The van der Waals surface area contributed by atoms with Crippen LogP contribution >= 0.6 is 0 Å². The minimum absolute atomic E-state index is 0.698. The Kier molecular flexibility index (Phi) is 8.49. The molecule has 4 rings (SSSR count). The fourth-order valence-electron chi connectivity index (χ4n) is 4.98. The molecule has 0 bridgehead atoms. The minimum Gasteiger partial charge on any atom is -0.372 e. The number of aliphatic imine (C=N–C) groups is 1. The van der Waals surface area contributed by atoms with Crippen molar-refractivity contribution in [2.75, 3.05) is 13.1 Å². The summed E-state index contributed by atoms with van der Waals surface area (Å²) >= 11 is 0. The highest BCUT2D eigenvalue weighted by molar-refractivity contribution is 6.01. The number of piperidine rings is 1. The van der Waals surface area contributed by atoms with Crippen LogP contribution in [0.3, 0.4) is 0 Å². The molecule has 1 aromatic carbocycles. The zero-order valence-electron chi connectivity index (χ0n) is 22.9. The van der Waals surface area contributed by atoms with Crippen molar-refractivity contribution in [1.29, 1.82) is 0 Å². The molecule has 0 spiro atoms. The number of likely N-dealkylation sites (tertiary alicyclic amines) is 1. The predicted molar refractivity (Wildman–Crippen MR) is 152 cm³/mol. The quantitative estimate of drug-likeness (QED) is 0.311. The van der Waals surface area contributed by atoms with E-state index < -0.39 is 0 Å². The molecule has 35 heavy (non-hydrogen) atoms. The normalized spacial score (nSPS) is 20.9. The first-order chi connectivity index (χ1) is 16.8. The van der Waals surface area contributed by atoms with Crippen LogP contribution in [0.15, 0.2) is 63.8 Å². The van der Waals surface area contributed by atoms with Gasteiger partial charge in [0.1, 0.15) is 0 Å². The topological polar surface area (TPSA) is 27.6 Å². The van der Waals surface area contributed by atoms with Crippen LogP contribution < -0.4 is 5.32 Å². The van der Waals surface area contributed by atoms with Crippen molar-refractivity contribution < 1.29 is 0 Å². The Labute approximate surface area is 213 Å². The van der Waals surface area contributed by atoms with Crippen LogP contribution in [0.1, 0.15) is 89.3 Å². The van der Waals surface area contributed by atoms with Crippen LogP contribution in [-0.2, 0) is 0 Å². The second-order valence-corrected chi connectivity index (χ2v) is 10.9. The zero-order chi connectivity index (χ0) is 24.9. The Balaban J connectivity index is 1.53. The van der Waals surface area contributed by atoms with Gasteiger partial charge in [0.15, 0.2) is 0 Å². The summed E-state index contributed by atoms with van der Waals surface area (Å²) in [6.07, 6.45) is 15.9. The molecule has 3 nitrogen and oxygen atoms in total. The van der Waals surface area contributed by atoms with Gasteiger partial charge in [0.2, 0.25) is 0 Å². The second-order valence-electron chi connectivity index (χ2n) is 10.9. The van der Waals surface area contributed by atoms with E-state index in [0.29, 0.717) is 6.04 Å². The third-order valence-corrected chi connectivity index (χ3v) is 8.10. The minimum atomic E-state index is 0.698. The molecule has 0 amide bonds. The fourth-order valence-corrected chi connectivity index (χ4v) is 4.98. The van der Waals surface area contributed by atoms with E-state index in [1.807, 2.05) is 0 Å². The maximum absolute atomic E-state index is 5.20. The summed E-state index contributed by atoms with van der Waals surface area (Å²) in [6.45, 7) is 15.4. The Morgan fingerprint density at radius 3 is 2.20 bits per heavy atom. The Morgan fingerprint density at radius 2 is 1.63 bits per heavy atom. The maximum Gasteiger partial charge on any atom is 0.0707 e. The molecule has 1 aliphatic heterocycles. The predicted octanol–water partition coefficient (Wildman–Crippen LogP) is 7.67. The van der Waals surface area contributed by atoms with E-state index >= 15 is 0 Å². The molecule has 2 aliphatic carbocycles. The summed E-state index contributed by atoms with van der Waals surface area (Å²) in [7, 11) is 0. The summed E-state index contributed by atoms with van der Waals surface area (Å²) in [5.74, 6) is 0. The zero-order valence-corrected chi connectivity index (χ0v) is 22.9. The first kappa shape index (κ1) is 25.7. The van der Waals surface area contributed by atoms with E-state index in [9.17, 15) is 0 Å². The van der Waals surface area contributed by atoms with E-state index in [0.717, 1.165) is 30.5 Å². The third-order valence-electron chi connectivity index (χ3n) is 8.10. The average molecular weight is 472 g/mol. The highest BCUT2D eigenvalue weighted by Crippen LogP contribution is 2.31. The molecular formula is C32H45N3. The summed E-state index contributed by atoms with van der Waals surface area (Å²) < 4.78 is 0. The van der Waals surface area contributed by atoms with Gasteiger partial charge < -0.3 is 10.2 Å². The van der Waals surface area contributed by atoms with Crippen LogP contribution in [0.25, 0.3) is 5.70 Å². The van der Waals surface area contributed by atoms with Crippen molar-refractivity contribution in [1.82, 2.24) is 10.2 Å². The molecule has 2 saturated carbocycles. The van der Waals surface area contributed by atoms with E-state index in [2.05, 4.69) is 88.2 Å². The van der Waals surface area contributed by atoms with Gasteiger partial charge in [0, 0.05) is 42.1 Å². The summed E-state index contributed by atoms with van der Waals surface area (Å²) in [5.41, 5.74) is 11.5. The van der Waals surface area contributed by atoms with Gasteiger partial charge in [-0.25, -0.2) is 0 Å². The third kappa shape index (κ3) is 6.85. The van der Waals surface area contributed by atoms with Crippen LogP contribution in [0.5, 0.6) is 0 Å². The lowest BCUT2D eigenvalue weighted by atomic mass is 9.88. The van der Waals surface area contributed by atoms with Gasteiger partial charge in [-0.05, 0) is 127 Å². The van der Waals surface area contributed by atoms with Gasteiger partial charge in [0.05, 0.1) is 5.70 Å². The highest BCUT2D eigenvalue weighted by atomic mass is 15.2. The first-order valence-electron chi connectivity index (χ1n) is 13.7. The van der Waals surface area contributed by atoms with Gasteiger partial charge in [-0.3, -0.25) is 4.99 Å². The van der Waals surface area contributed by atoms with Crippen molar-refractivity contribution in [3.05, 3.63) is 75.5 Å². The van der Waals surface area contributed by atoms with E-state index in [1.165, 1.54) is 78.5 Å².